The van der Waals surface area contributed by atoms with Crippen LogP contribution < -0.4 is 0 Å². The molecular weight excluding hydrogens is 310 g/mol. The second-order valence-corrected chi connectivity index (χ2v) is 6.18. The fourth-order valence-electron chi connectivity index (χ4n) is 2.39. The molecule has 24 heavy (non-hydrogen) atoms. The van der Waals surface area contributed by atoms with E-state index >= 15 is 0 Å². The van der Waals surface area contributed by atoms with E-state index in [9.17, 15) is 20.0 Å². The number of unbranched alkanes of at least 4 members (excludes halogenated alkanes) is 3. The molecule has 1 rings (SSSR count). The number of nitrogens with zero attached hydrogens (tertiary/aromatic N) is 1. The Hall–Kier alpha value is -1.95. The van der Waals surface area contributed by atoms with Crippen LogP contribution in [0.25, 0.3) is 0 Å². The van der Waals surface area contributed by atoms with E-state index in [0.29, 0.717) is 5.56 Å². The predicted octanol–water partition coefficient (Wildman–Crippen LogP) is 4.00. The standard InChI is InChI=1S/C18H27NO5/c1-3-4-5-6-7-14(2)17(20)12-18(21)24-13-15-8-10-16(11-9-15)19(22)23/h8-11,14,17,20H,3-7,12-13H2,1-2H3/t14-,17-/m0/s1. The number of carbonyl (C=O) groups excluding carboxylic acids is 1. The van der Waals surface area contributed by atoms with Gasteiger partial charge in [0, 0.05) is 12.1 Å². The topological polar surface area (TPSA) is 89.7 Å². The summed E-state index contributed by atoms with van der Waals surface area (Å²) in [6.07, 6.45) is 4.75. The molecule has 6 nitrogen and oxygen atoms in total. The average Bonchev–Trinajstić information content (AvgIpc) is 2.57. The van der Waals surface area contributed by atoms with Crippen LogP contribution in [0.4, 0.5) is 5.69 Å². The van der Waals surface area contributed by atoms with Crippen LogP contribution in [0.15, 0.2) is 24.3 Å². The number of nitro groups is 1. The molecule has 1 N–H and O–H groups in total. The molecule has 0 aliphatic carbocycles. The van der Waals surface area contributed by atoms with Crippen LogP contribution in [0.3, 0.4) is 0 Å². The zero-order valence-electron chi connectivity index (χ0n) is 14.4. The van der Waals surface area contributed by atoms with Crippen molar-refractivity contribution in [1.29, 1.82) is 0 Å². The summed E-state index contributed by atoms with van der Waals surface area (Å²) in [5.41, 5.74) is 0.674. The molecule has 6 heteroatoms. The number of ether oxygens (including phenoxy) is 1. The average molecular weight is 337 g/mol. The summed E-state index contributed by atoms with van der Waals surface area (Å²) < 4.78 is 5.12. The van der Waals surface area contributed by atoms with Crippen molar-refractivity contribution < 1.29 is 19.6 Å². The third kappa shape index (κ3) is 7.55. The number of carbonyl (C=O) groups is 1. The fraction of sp³-hybridized carbons (Fsp3) is 0.611. The Kier molecular flexibility index (Phi) is 9.01. The van der Waals surface area contributed by atoms with Crippen LogP contribution in [0.1, 0.15) is 57.9 Å². The summed E-state index contributed by atoms with van der Waals surface area (Å²) in [4.78, 5) is 21.9. The van der Waals surface area contributed by atoms with Crippen molar-refractivity contribution in [3.63, 3.8) is 0 Å². The highest BCUT2D eigenvalue weighted by molar-refractivity contribution is 5.70. The SMILES string of the molecule is CCCCCC[C@H](C)[C@@H](O)CC(=O)OCc1ccc([N+](=O)[O-])cc1. The number of aliphatic hydroxyl groups excluding tert-OH is 1. The summed E-state index contributed by atoms with van der Waals surface area (Å²) in [6, 6.07) is 5.85. The zero-order valence-corrected chi connectivity index (χ0v) is 14.4. The van der Waals surface area contributed by atoms with E-state index in [1.54, 1.807) is 12.1 Å². The number of hydrogen-bond donors (Lipinski definition) is 1. The Labute approximate surface area is 143 Å². The molecular formula is C18H27NO5. The molecule has 0 radical (unpaired) electrons. The van der Waals surface area contributed by atoms with E-state index in [-0.39, 0.29) is 24.6 Å². The van der Waals surface area contributed by atoms with Gasteiger partial charge in [0.2, 0.25) is 0 Å². The molecule has 0 aromatic heterocycles. The molecule has 0 amide bonds. The molecule has 2 atom stereocenters. The first-order chi connectivity index (χ1) is 11.4. The Morgan fingerprint density at radius 1 is 1.25 bits per heavy atom. The molecule has 0 saturated carbocycles. The number of hydrogen-bond acceptors (Lipinski definition) is 5. The Morgan fingerprint density at radius 2 is 1.92 bits per heavy atom. The van der Waals surface area contributed by atoms with Crippen LogP contribution in [0.2, 0.25) is 0 Å². The lowest BCUT2D eigenvalue weighted by Crippen LogP contribution is -2.22. The predicted molar refractivity (Wildman–Crippen MR) is 91.4 cm³/mol. The van der Waals surface area contributed by atoms with Gasteiger partial charge >= 0.3 is 5.97 Å². The molecule has 0 unspecified atom stereocenters. The number of rotatable bonds is 11. The van der Waals surface area contributed by atoms with Gasteiger partial charge in [-0.2, -0.15) is 0 Å². The highest BCUT2D eigenvalue weighted by Gasteiger charge is 2.18. The van der Waals surface area contributed by atoms with Gasteiger partial charge in [-0.25, -0.2) is 0 Å². The molecule has 0 aliphatic rings. The first-order valence-electron chi connectivity index (χ1n) is 8.51. The van der Waals surface area contributed by atoms with E-state index in [1.807, 2.05) is 6.92 Å². The monoisotopic (exact) mass is 337 g/mol. The van der Waals surface area contributed by atoms with Gasteiger partial charge < -0.3 is 9.84 Å². The number of non-ortho nitro benzene ring substituents is 1. The molecule has 0 saturated heterocycles. The quantitative estimate of drug-likeness (QED) is 0.285. The van der Waals surface area contributed by atoms with E-state index < -0.39 is 17.0 Å². The van der Waals surface area contributed by atoms with E-state index in [2.05, 4.69) is 6.92 Å². The minimum atomic E-state index is -0.698. The van der Waals surface area contributed by atoms with Gasteiger partial charge in [-0.3, -0.25) is 14.9 Å². The number of nitro benzene ring substituents is 1. The van der Waals surface area contributed by atoms with E-state index in [4.69, 9.17) is 4.74 Å². The highest BCUT2D eigenvalue weighted by atomic mass is 16.6. The van der Waals surface area contributed by atoms with Crippen molar-refractivity contribution in [2.24, 2.45) is 5.92 Å². The fourth-order valence-corrected chi connectivity index (χ4v) is 2.39. The lowest BCUT2D eigenvalue weighted by Gasteiger charge is -2.18. The van der Waals surface area contributed by atoms with Crippen molar-refractivity contribution in [2.45, 2.75) is 65.1 Å². The van der Waals surface area contributed by atoms with Crippen LogP contribution in [-0.4, -0.2) is 22.1 Å². The van der Waals surface area contributed by atoms with Crippen LogP contribution >= 0.6 is 0 Å². The lowest BCUT2D eigenvalue weighted by molar-refractivity contribution is -0.384. The molecule has 0 heterocycles. The summed E-state index contributed by atoms with van der Waals surface area (Å²) in [5, 5.41) is 20.6. The van der Waals surface area contributed by atoms with Gasteiger partial charge in [-0.05, 0) is 30.0 Å². The molecule has 1 aromatic carbocycles. The Bertz CT molecular complexity index is 515. The summed E-state index contributed by atoms with van der Waals surface area (Å²) >= 11 is 0. The smallest absolute Gasteiger partial charge is 0.308 e. The highest BCUT2D eigenvalue weighted by Crippen LogP contribution is 2.17. The third-order valence-electron chi connectivity index (χ3n) is 4.09. The number of aliphatic hydroxyl groups is 1. The normalized spacial score (nSPS) is 13.3. The molecule has 0 fully saturated rings. The lowest BCUT2D eigenvalue weighted by atomic mass is 9.95. The summed E-state index contributed by atoms with van der Waals surface area (Å²) in [7, 11) is 0. The van der Waals surface area contributed by atoms with Crippen molar-refractivity contribution in [3.8, 4) is 0 Å². The van der Waals surface area contributed by atoms with Gasteiger partial charge in [0.25, 0.3) is 5.69 Å². The van der Waals surface area contributed by atoms with Crippen LogP contribution in [0.5, 0.6) is 0 Å². The van der Waals surface area contributed by atoms with Gasteiger partial charge in [0.1, 0.15) is 6.61 Å². The maximum absolute atomic E-state index is 11.8. The van der Waals surface area contributed by atoms with Crippen molar-refractivity contribution in [1.82, 2.24) is 0 Å². The number of esters is 1. The maximum atomic E-state index is 11.8. The molecule has 0 spiro atoms. The number of benzene rings is 1. The summed E-state index contributed by atoms with van der Waals surface area (Å²) in [6.45, 7) is 4.15. The van der Waals surface area contributed by atoms with Crippen molar-refractivity contribution in [3.05, 3.63) is 39.9 Å². The van der Waals surface area contributed by atoms with Crippen LogP contribution in [-0.2, 0) is 16.1 Å². The summed E-state index contributed by atoms with van der Waals surface area (Å²) in [5.74, 6) is -0.393. The van der Waals surface area contributed by atoms with Gasteiger partial charge in [-0.15, -0.1) is 0 Å². The second-order valence-electron chi connectivity index (χ2n) is 6.18. The molecule has 134 valence electrons. The van der Waals surface area contributed by atoms with Crippen LogP contribution in [0, 0.1) is 16.0 Å². The van der Waals surface area contributed by atoms with Crippen molar-refractivity contribution in [2.75, 3.05) is 0 Å². The zero-order chi connectivity index (χ0) is 17.9. The molecule has 0 aliphatic heterocycles. The minimum Gasteiger partial charge on any atom is -0.461 e. The molecule has 0 bridgehead atoms. The molecule has 1 aromatic rings. The maximum Gasteiger partial charge on any atom is 0.308 e. The minimum absolute atomic E-state index is 0.00241. The van der Waals surface area contributed by atoms with E-state index in [0.717, 1.165) is 19.3 Å². The van der Waals surface area contributed by atoms with Gasteiger partial charge in [0.15, 0.2) is 0 Å². The Morgan fingerprint density at radius 3 is 2.50 bits per heavy atom. The largest absolute Gasteiger partial charge is 0.461 e. The van der Waals surface area contributed by atoms with Gasteiger partial charge in [0.05, 0.1) is 17.4 Å². The second kappa shape index (κ2) is 10.8. The van der Waals surface area contributed by atoms with E-state index in [1.165, 1.54) is 25.0 Å². The first-order valence-corrected chi connectivity index (χ1v) is 8.51. The third-order valence-corrected chi connectivity index (χ3v) is 4.09. The van der Waals surface area contributed by atoms with Gasteiger partial charge in [-0.1, -0.05) is 39.5 Å². The van der Waals surface area contributed by atoms with Crippen molar-refractivity contribution >= 4 is 11.7 Å². The first kappa shape index (κ1) is 20.1. The Balaban J connectivity index is 2.30.